The number of aliphatic hydroxyl groups is 1. The van der Waals surface area contributed by atoms with Crippen molar-refractivity contribution in [1.82, 2.24) is 10.6 Å². The summed E-state index contributed by atoms with van der Waals surface area (Å²) in [6.45, 7) is 2.75. The number of piperidine rings is 1. The lowest BCUT2D eigenvalue weighted by Gasteiger charge is -2.22. The highest BCUT2D eigenvalue weighted by Crippen LogP contribution is 2.17. The van der Waals surface area contributed by atoms with E-state index in [0.717, 1.165) is 30.6 Å². The van der Waals surface area contributed by atoms with Crippen LogP contribution in [0.4, 0.5) is 0 Å². The largest absolute Gasteiger partial charge is 0.392 e. The summed E-state index contributed by atoms with van der Waals surface area (Å²) in [5.74, 6) is 0.817. The normalized spacial score (nSPS) is 15.3. The number of carbonyl (C=O) groups excluding carboxylic acids is 1. The van der Waals surface area contributed by atoms with Gasteiger partial charge in [-0.1, -0.05) is 24.3 Å². The predicted octanol–water partition coefficient (Wildman–Crippen LogP) is 2.00. The zero-order chi connectivity index (χ0) is 14.2. The van der Waals surface area contributed by atoms with Crippen LogP contribution in [0.15, 0.2) is 24.3 Å². The number of carbonyl (C=O) groups is 1. The van der Waals surface area contributed by atoms with E-state index in [2.05, 4.69) is 10.6 Å². The van der Waals surface area contributed by atoms with Gasteiger partial charge in [0, 0.05) is 13.0 Å². The molecule has 1 heterocycles. The van der Waals surface area contributed by atoms with Gasteiger partial charge in [-0.3, -0.25) is 4.79 Å². The quantitative estimate of drug-likeness (QED) is 0.753. The lowest BCUT2D eigenvalue weighted by atomic mass is 9.93. The standard InChI is InChI=1S/C16H24N2O2.ClH/c19-12-15-3-1-2-14(10-15)11-18-16(20)5-4-13-6-8-17-9-7-13;/h1-3,10,13,17,19H,4-9,11-12H2,(H,18,20);1H. The molecule has 21 heavy (non-hydrogen) atoms. The molecule has 0 bridgehead atoms. The van der Waals surface area contributed by atoms with Gasteiger partial charge in [0.1, 0.15) is 0 Å². The fourth-order valence-electron chi connectivity index (χ4n) is 2.63. The highest BCUT2D eigenvalue weighted by Gasteiger charge is 2.14. The Labute approximate surface area is 132 Å². The van der Waals surface area contributed by atoms with Crippen molar-refractivity contribution in [3.63, 3.8) is 0 Å². The third kappa shape index (κ3) is 6.46. The molecule has 0 saturated carbocycles. The molecule has 0 aromatic heterocycles. The van der Waals surface area contributed by atoms with E-state index >= 15 is 0 Å². The SMILES string of the molecule is Cl.O=C(CCC1CCNCC1)NCc1cccc(CO)c1. The van der Waals surface area contributed by atoms with E-state index < -0.39 is 0 Å². The van der Waals surface area contributed by atoms with E-state index in [1.807, 2.05) is 24.3 Å². The molecule has 2 rings (SSSR count). The summed E-state index contributed by atoms with van der Waals surface area (Å²) in [6, 6.07) is 7.67. The van der Waals surface area contributed by atoms with Gasteiger partial charge in [0.25, 0.3) is 0 Å². The van der Waals surface area contributed by atoms with E-state index in [1.165, 1.54) is 12.8 Å². The van der Waals surface area contributed by atoms with Gasteiger partial charge in [0.15, 0.2) is 0 Å². The molecule has 0 unspecified atom stereocenters. The second kappa shape index (κ2) is 9.77. The molecular formula is C16H25ClN2O2. The Hall–Kier alpha value is -1.10. The van der Waals surface area contributed by atoms with Crippen molar-refractivity contribution in [3.8, 4) is 0 Å². The Morgan fingerprint density at radius 3 is 2.71 bits per heavy atom. The Kier molecular flexibility index (Phi) is 8.35. The van der Waals surface area contributed by atoms with Crippen molar-refractivity contribution < 1.29 is 9.90 Å². The van der Waals surface area contributed by atoms with Crippen molar-refractivity contribution in [3.05, 3.63) is 35.4 Å². The molecule has 1 amide bonds. The number of amides is 1. The van der Waals surface area contributed by atoms with Gasteiger partial charge in [0.2, 0.25) is 5.91 Å². The van der Waals surface area contributed by atoms with Gasteiger partial charge in [-0.15, -0.1) is 12.4 Å². The van der Waals surface area contributed by atoms with Gasteiger partial charge in [-0.05, 0) is 49.4 Å². The van der Waals surface area contributed by atoms with Gasteiger partial charge in [0.05, 0.1) is 6.61 Å². The van der Waals surface area contributed by atoms with E-state index in [1.54, 1.807) is 0 Å². The summed E-state index contributed by atoms with van der Waals surface area (Å²) >= 11 is 0. The average molecular weight is 313 g/mol. The lowest BCUT2D eigenvalue weighted by Crippen LogP contribution is -2.29. The van der Waals surface area contributed by atoms with Gasteiger partial charge >= 0.3 is 0 Å². The highest BCUT2D eigenvalue weighted by atomic mass is 35.5. The van der Waals surface area contributed by atoms with E-state index in [9.17, 15) is 4.79 Å². The van der Waals surface area contributed by atoms with Crippen LogP contribution in [0.25, 0.3) is 0 Å². The van der Waals surface area contributed by atoms with Crippen LogP contribution < -0.4 is 10.6 Å². The highest BCUT2D eigenvalue weighted by molar-refractivity contribution is 5.85. The first-order valence-electron chi connectivity index (χ1n) is 7.44. The maximum absolute atomic E-state index is 11.8. The smallest absolute Gasteiger partial charge is 0.220 e. The summed E-state index contributed by atoms with van der Waals surface area (Å²) in [5.41, 5.74) is 1.92. The molecule has 118 valence electrons. The monoisotopic (exact) mass is 312 g/mol. The number of rotatable bonds is 6. The summed E-state index contributed by atoms with van der Waals surface area (Å²) in [5, 5.41) is 15.4. The number of halogens is 1. The molecular weight excluding hydrogens is 288 g/mol. The summed E-state index contributed by atoms with van der Waals surface area (Å²) in [4.78, 5) is 11.8. The van der Waals surface area contributed by atoms with E-state index in [4.69, 9.17) is 5.11 Å². The van der Waals surface area contributed by atoms with Crippen LogP contribution in [0.3, 0.4) is 0 Å². The van der Waals surface area contributed by atoms with E-state index in [-0.39, 0.29) is 24.9 Å². The summed E-state index contributed by atoms with van der Waals surface area (Å²) in [6.07, 6.45) is 3.98. The Balaban J connectivity index is 0.00000220. The van der Waals surface area contributed by atoms with Crippen molar-refractivity contribution in [2.24, 2.45) is 5.92 Å². The van der Waals surface area contributed by atoms with Crippen LogP contribution in [-0.4, -0.2) is 24.1 Å². The first kappa shape index (κ1) is 18.0. The van der Waals surface area contributed by atoms with Crippen LogP contribution >= 0.6 is 12.4 Å². The zero-order valence-electron chi connectivity index (χ0n) is 12.3. The minimum Gasteiger partial charge on any atom is -0.392 e. The van der Waals surface area contributed by atoms with Crippen LogP contribution in [0, 0.1) is 5.92 Å². The van der Waals surface area contributed by atoms with Crippen LogP contribution in [0.2, 0.25) is 0 Å². The van der Waals surface area contributed by atoms with E-state index in [0.29, 0.717) is 18.9 Å². The van der Waals surface area contributed by atoms with Crippen molar-refractivity contribution in [1.29, 1.82) is 0 Å². The molecule has 3 N–H and O–H groups in total. The fourth-order valence-corrected chi connectivity index (χ4v) is 2.63. The molecule has 1 aliphatic rings. The number of benzene rings is 1. The summed E-state index contributed by atoms with van der Waals surface area (Å²) in [7, 11) is 0. The number of hydrogen-bond acceptors (Lipinski definition) is 3. The first-order chi connectivity index (χ1) is 9.78. The van der Waals surface area contributed by atoms with Gasteiger partial charge in [-0.2, -0.15) is 0 Å². The maximum atomic E-state index is 11.8. The second-order valence-corrected chi connectivity index (χ2v) is 5.49. The zero-order valence-corrected chi connectivity index (χ0v) is 13.1. The minimum atomic E-state index is 0. The second-order valence-electron chi connectivity index (χ2n) is 5.49. The predicted molar refractivity (Wildman–Crippen MR) is 86.3 cm³/mol. The third-order valence-corrected chi connectivity index (χ3v) is 3.90. The molecule has 1 aromatic rings. The molecule has 0 radical (unpaired) electrons. The molecule has 0 spiro atoms. The Morgan fingerprint density at radius 1 is 1.29 bits per heavy atom. The molecule has 1 aliphatic heterocycles. The van der Waals surface area contributed by atoms with Crippen LogP contribution in [0.5, 0.6) is 0 Å². The van der Waals surface area contributed by atoms with Gasteiger partial charge < -0.3 is 15.7 Å². The topological polar surface area (TPSA) is 61.4 Å². The summed E-state index contributed by atoms with van der Waals surface area (Å²) < 4.78 is 0. The lowest BCUT2D eigenvalue weighted by molar-refractivity contribution is -0.121. The van der Waals surface area contributed by atoms with Crippen molar-refractivity contribution in [2.75, 3.05) is 13.1 Å². The number of nitrogens with one attached hydrogen (secondary N) is 2. The molecule has 4 nitrogen and oxygen atoms in total. The average Bonchev–Trinajstić information content (AvgIpc) is 2.52. The molecule has 1 fully saturated rings. The minimum absolute atomic E-state index is 0. The molecule has 0 atom stereocenters. The first-order valence-corrected chi connectivity index (χ1v) is 7.44. The third-order valence-electron chi connectivity index (χ3n) is 3.90. The molecule has 1 saturated heterocycles. The van der Waals surface area contributed by atoms with Crippen molar-refractivity contribution >= 4 is 18.3 Å². The maximum Gasteiger partial charge on any atom is 0.220 e. The Morgan fingerprint density at radius 2 is 2.00 bits per heavy atom. The molecule has 0 aliphatic carbocycles. The number of hydrogen-bond donors (Lipinski definition) is 3. The Bertz CT molecular complexity index is 434. The van der Waals surface area contributed by atoms with Gasteiger partial charge in [-0.25, -0.2) is 0 Å². The molecule has 1 aromatic carbocycles. The number of aliphatic hydroxyl groups excluding tert-OH is 1. The van der Waals surface area contributed by atoms with Crippen LogP contribution in [0.1, 0.15) is 36.8 Å². The van der Waals surface area contributed by atoms with Crippen molar-refractivity contribution in [2.45, 2.75) is 38.8 Å². The van der Waals surface area contributed by atoms with Crippen LogP contribution in [-0.2, 0) is 17.9 Å². The fraction of sp³-hybridized carbons (Fsp3) is 0.562. The molecule has 5 heteroatoms.